The Kier molecular flexibility index (Phi) is 8.98. The predicted octanol–water partition coefficient (Wildman–Crippen LogP) is 3.51. The van der Waals surface area contributed by atoms with Crippen molar-refractivity contribution >= 4 is 29.5 Å². The van der Waals surface area contributed by atoms with E-state index >= 15 is 0 Å². The van der Waals surface area contributed by atoms with Crippen LogP contribution in [0.3, 0.4) is 0 Å². The minimum atomic E-state index is -0.411. The van der Waals surface area contributed by atoms with E-state index in [1.807, 2.05) is 33.8 Å². The van der Waals surface area contributed by atoms with E-state index in [2.05, 4.69) is 37.7 Å². The Balaban J connectivity index is 1.13. The highest BCUT2D eigenvalue weighted by Gasteiger charge is 2.34. The first kappa shape index (κ1) is 28.6. The average molecular weight is 588 g/mol. The Morgan fingerprint density at radius 2 is 1.76 bits per heavy atom. The van der Waals surface area contributed by atoms with Crippen LogP contribution in [-0.4, -0.2) is 74.6 Å². The number of hydrogen-bond donors (Lipinski definition) is 2. The van der Waals surface area contributed by atoms with Gasteiger partial charge in [-0.15, -0.1) is 0 Å². The van der Waals surface area contributed by atoms with Crippen LogP contribution >= 0.6 is 11.6 Å². The number of nitrogens with zero attached hydrogens (tertiary/aromatic N) is 5. The summed E-state index contributed by atoms with van der Waals surface area (Å²) in [5.41, 5.74) is 3.46. The quantitative estimate of drug-likeness (QED) is 0.411. The van der Waals surface area contributed by atoms with Crippen LogP contribution in [0.1, 0.15) is 42.4 Å². The number of hydrogen-bond acceptors (Lipinski definition) is 6. The highest BCUT2D eigenvalue weighted by molar-refractivity contribution is 6.30. The van der Waals surface area contributed by atoms with Gasteiger partial charge >= 0.3 is 0 Å². The van der Waals surface area contributed by atoms with Crippen LogP contribution in [0.5, 0.6) is 0 Å². The lowest BCUT2D eigenvalue weighted by molar-refractivity contribution is -0.132. The van der Waals surface area contributed by atoms with E-state index in [4.69, 9.17) is 11.6 Å². The highest BCUT2D eigenvalue weighted by Crippen LogP contribution is 2.30. The second-order valence-corrected chi connectivity index (χ2v) is 12.0. The molecule has 3 heterocycles. The van der Waals surface area contributed by atoms with E-state index in [-0.39, 0.29) is 17.5 Å². The van der Waals surface area contributed by atoms with Gasteiger partial charge in [0.05, 0.1) is 6.04 Å². The lowest BCUT2D eigenvalue weighted by Crippen LogP contribution is -2.56. The minimum absolute atomic E-state index is 0.156. The van der Waals surface area contributed by atoms with Crippen molar-refractivity contribution in [3.8, 4) is 0 Å². The molecule has 6 rings (SSSR count). The Hall–Kier alpha value is -3.53. The second-order valence-electron chi connectivity index (χ2n) is 11.6. The largest absolute Gasteiger partial charge is 0.335 e. The first-order chi connectivity index (χ1) is 20.5. The summed E-state index contributed by atoms with van der Waals surface area (Å²) in [5, 5.41) is 11.3. The molecular weight excluding hydrogens is 550 g/mol. The van der Waals surface area contributed by atoms with E-state index in [1.165, 1.54) is 31.2 Å². The standard InChI is InChI=1S/C32H38ClN7O2/c33-27-11-9-23(10-12-27)17-29(37-31(41)28-18-24-5-1-2-6-25(24)19-35-28)32(42)39-15-13-38(14-16-39)30-8-4-3-7-26(30)20-40-22-34-21-36-40/h1-2,5-6,9-12,17,21-22,26,28,30,35H,3-4,7-8,13-16,18-20H2,(H,37,41)/b29-17-/t26?,28-,30?/m1/s1. The number of carbonyl (C=O) groups is 2. The maximum atomic E-state index is 13.9. The molecule has 2 fully saturated rings. The number of nitrogens with one attached hydrogen (secondary N) is 2. The van der Waals surface area contributed by atoms with Crippen molar-refractivity contribution in [1.29, 1.82) is 0 Å². The van der Waals surface area contributed by atoms with Crippen molar-refractivity contribution in [3.05, 3.63) is 88.6 Å². The molecular formula is C32H38ClN7O2. The van der Waals surface area contributed by atoms with Crippen LogP contribution < -0.4 is 10.6 Å². The molecule has 3 aliphatic rings. The fourth-order valence-corrected chi connectivity index (χ4v) is 6.74. The molecule has 3 atom stereocenters. The number of amides is 2. The summed E-state index contributed by atoms with van der Waals surface area (Å²) in [6, 6.07) is 15.5. The molecule has 1 saturated carbocycles. The maximum Gasteiger partial charge on any atom is 0.270 e. The highest BCUT2D eigenvalue weighted by atomic mass is 35.5. The summed E-state index contributed by atoms with van der Waals surface area (Å²) in [6.45, 7) is 4.37. The predicted molar refractivity (Wildman–Crippen MR) is 162 cm³/mol. The fourth-order valence-electron chi connectivity index (χ4n) is 6.61. The van der Waals surface area contributed by atoms with Gasteiger partial charge in [-0.3, -0.25) is 19.2 Å². The molecule has 0 radical (unpaired) electrons. The van der Waals surface area contributed by atoms with Gasteiger partial charge in [-0.2, -0.15) is 5.10 Å². The Morgan fingerprint density at radius 1 is 1.00 bits per heavy atom. The fraction of sp³-hybridized carbons (Fsp3) is 0.438. The molecule has 42 heavy (non-hydrogen) atoms. The van der Waals surface area contributed by atoms with Crippen LogP contribution in [-0.2, 0) is 29.1 Å². The summed E-state index contributed by atoms with van der Waals surface area (Å²) < 4.78 is 1.94. The van der Waals surface area contributed by atoms with Gasteiger partial charge in [0.15, 0.2) is 0 Å². The van der Waals surface area contributed by atoms with E-state index in [1.54, 1.807) is 30.9 Å². The van der Waals surface area contributed by atoms with Crippen molar-refractivity contribution in [1.82, 2.24) is 35.2 Å². The van der Waals surface area contributed by atoms with E-state index in [9.17, 15) is 9.59 Å². The van der Waals surface area contributed by atoms with Crippen LogP contribution in [0.4, 0.5) is 0 Å². The first-order valence-electron chi connectivity index (χ1n) is 15.0. The van der Waals surface area contributed by atoms with E-state index in [0.717, 1.165) is 30.8 Å². The molecule has 9 nitrogen and oxygen atoms in total. The number of piperazine rings is 1. The summed E-state index contributed by atoms with van der Waals surface area (Å²) in [5.74, 6) is 0.169. The molecule has 2 aromatic carbocycles. The SMILES string of the molecule is O=C(N/C(=C\c1ccc(Cl)cc1)C(=O)N1CCN(C2CCCCC2Cn2cncn2)CC1)[C@H]1Cc2ccccc2CN1. The zero-order valence-electron chi connectivity index (χ0n) is 23.8. The number of benzene rings is 2. The van der Waals surface area contributed by atoms with Gasteiger partial charge < -0.3 is 15.5 Å². The topological polar surface area (TPSA) is 95.4 Å². The Morgan fingerprint density at radius 3 is 2.52 bits per heavy atom. The number of halogens is 1. The van der Waals surface area contributed by atoms with Gasteiger partial charge in [0, 0.05) is 50.3 Å². The van der Waals surface area contributed by atoms with Crippen molar-refractivity contribution in [2.45, 2.75) is 57.3 Å². The molecule has 2 aliphatic heterocycles. The molecule has 2 N–H and O–H groups in total. The zero-order valence-corrected chi connectivity index (χ0v) is 24.5. The van der Waals surface area contributed by atoms with Crippen LogP contribution in [0.2, 0.25) is 5.02 Å². The molecule has 10 heteroatoms. The monoisotopic (exact) mass is 587 g/mol. The number of aromatic nitrogens is 3. The Bertz CT molecular complexity index is 1400. The van der Waals surface area contributed by atoms with Crippen LogP contribution in [0.15, 0.2) is 66.9 Å². The van der Waals surface area contributed by atoms with Crippen molar-refractivity contribution in [2.24, 2.45) is 5.92 Å². The summed E-state index contributed by atoms with van der Waals surface area (Å²) in [7, 11) is 0. The van der Waals surface area contributed by atoms with Crippen LogP contribution in [0, 0.1) is 5.92 Å². The second kappa shape index (κ2) is 13.2. The minimum Gasteiger partial charge on any atom is -0.335 e. The smallest absolute Gasteiger partial charge is 0.270 e. The number of fused-ring (bicyclic) bond motifs is 1. The average Bonchev–Trinajstić information content (AvgIpc) is 3.55. The van der Waals surface area contributed by atoms with Crippen molar-refractivity contribution < 1.29 is 9.59 Å². The summed E-state index contributed by atoms with van der Waals surface area (Å²) in [6.07, 6.45) is 10.6. The Labute approximate surface area is 251 Å². The third kappa shape index (κ3) is 6.75. The molecule has 0 bridgehead atoms. The number of carbonyl (C=O) groups excluding carboxylic acids is 2. The van der Waals surface area contributed by atoms with Gasteiger partial charge in [0.2, 0.25) is 5.91 Å². The molecule has 220 valence electrons. The molecule has 2 amide bonds. The maximum absolute atomic E-state index is 13.9. The molecule has 3 aromatic rings. The summed E-state index contributed by atoms with van der Waals surface area (Å²) in [4.78, 5) is 35.9. The molecule has 2 unspecified atom stereocenters. The van der Waals surface area contributed by atoms with Gasteiger partial charge in [0.25, 0.3) is 5.91 Å². The van der Waals surface area contributed by atoms with E-state index in [0.29, 0.717) is 43.0 Å². The summed E-state index contributed by atoms with van der Waals surface area (Å²) >= 11 is 6.10. The van der Waals surface area contributed by atoms with Crippen molar-refractivity contribution in [3.63, 3.8) is 0 Å². The number of rotatable bonds is 7. The zero-order chi connectivity index (χ0) is 28.9. The molecule has 1 aliphatic carbocycles. The van der Waals surface area contributed by atoms with Gasteiger partial charge in [0.1, 0.15) is 18.4 Å². The van der Waals surface area contributed by atoms with Gasteiger partial charge in [-0.1, -0.05) is 60.8 Å². The van der Waals surface area contributed by atoms with E-state index < -0.39 is 6.04 Å². The third-order valence-electron chi connectivity index (χ3n) is 8.89. The molecule has 1 saturated heterocycles. The van der Waals surface area contributed by atoms with Gasteiger partial charge in [-0.05, 0) is 60.1 Å². The third-order valence-corrected chi connectivity index (χ3v) is 9.15. The lowest BCUT2D eigenvalue weighted by Gasteiger charge is -2.44. The van der Waals surface area contributed by atoms with Crippen molar-refractivity contribution in [2.75, 3.05) is 26.2 Å². The molecule has 0 spiro atoms. The van der Waals surface area contributed by atoms with Crippen LogP contribution in [0.25, 0.3) is 6.08 Å². The van der Waals surface area contributed by atoms with Gasteiger partial charge in [-0.25, -0.2) is 4.98 Å². The first-order valence-corrected chi connectivity index (χ1v) is 15.4. The normalized spacial score (nSPS) is 23.3. The lowest BCUT2D eigenvalue weighted by atomic mass is 9.83. The molecule has 1 aromatic heterocycles.